The number of amides is 2. The summed E-state index contributed by atoms with van der Waals surface area (Å²) in [6, 6.07) is 6.31. The van der Waals surface area contributed by atoms with Gasteiger partial charge in [0.2, 0.25) is 18.6 Å². The van der Waals surface area contributed by atoms with E-state index in [9.17, 15) is 19.2 Å². The number of fused-ring (bicyclic) bond motifs is 1. The standard InChI is InChI=1S/C22H29N3O6S/c1-21(2,3)20(29)31-11-30-19(28)15-22(4,5)32-18-14(17(27)25(15)18)24-16(26)13(23)12-9-7-6-8-10-12/h6-10,13-15,18H,11,23H2,1-5H3,(H,24,26)/t13-,14-,15-,18+/m0/s1. The molecule has 1 aromatic rings. The fourth-order valence-electron chi connectivity index (χ4n) is 3.62. The van der Waals surface area contributed by atoms with Crippen LogP contribution in [0.1, 0.15) is 46.2 Å². The summed E-state index contributed by atoms with van der Waals surface area (Å²) in [7, 11) is 0. The fraction of sp³-hybridized carbons (Fsp3) is 0.545. The molecular weight excluding hydrogens is 434 g/mol. The lowest BCUT2D eigenvalue weighted by Crippen LogP contribution is -2.71. The van der Waals surface area contributed by atoms with Crippen molar-refractivity contribution in [2.24, 2.45) is 11.1 Å². The van der Waals surface area contributed by atoms with Gasteiger partial charge in [0.1, 0.15) is 23.5 Å². The highest BCUT2D eigenvalue weighted by Crippen LogP contribution is 2.51. The Hall–Kier alpha value is -2.59. The number of benzene rings is 1. The monoisotopic (exact) mass is 463 g/mol. The summed E-state index contributed by atoms with van der Waals surface area (Å²) in [6.45, 7) is 8.20. The van der Waals surface area contributed by atoms with Crippen LogP contribution in [-0.4, -0.2) is 57.7 Å². The van der Waals surface area contributed by atoms with Crippen LogP contribution in [-0.2, 0) is 28.7 Å². The van der Waals surface area contributed by atoms with Gasteiger partial charge < -0.3 is 25.4 Å². The van der Waals surface area contributed by atoms with Gasteiger partial charge in [-0.2, -0.15) is 0 Å². The Morgan fingerprint density at radius 1 is 1.19 bits per heavy atom. The summed E-state index contributed by atoms with van der Waals surface area (Å²) in [5, 5.41) is 2.29. The Kier molecular flexibility index (Phi) is 6.57. The molecule has 2 heterocycles. The Labute approximate surface area is 191 Å². The Balaban J connectivity index is 1.61. The maximum Gasteiger partial charge on any atom is 0.333 e. The number of β-lactam (4-membered cyclic amide) rings is 1. The molecule has 174 valence electrons. The predicted molar refractivity (Wildman–Crippen MR) is 118 cm³/mol. The molecule has 0 bridgehead atoms. The van der Waals surface area contributed by atoms with E-state index < -0.39 is 58.3 Å². The molecule has 3 rings (SSSR count). The van der Waals surface area contributed by atoms with Crippen LogP contribution >= 0.6 is 11.8 Å². The quantitative estimate of drug-likeness (QED) is 0.367. The van der Waals surface area contributed by atoms with Crippen molar-refractivity contribution in [1.29, 1.82) is 0 Å². The molecule has 0 saturated carbocycles. The SMILES string of the molecule is CC(C)(C)C(=O)OCOC(=O)[C@@H]1N2C(=O)[C@H](NC(=O)[C@@H](N)c3ccccc3)[C@H]2SC1(C)C. The van der Waals surface area contributed by atoms with Crippen LogP contribution in [0.3, 0.4) is 0 Å². The Morgan fingerprint density at radius 3 is 2.41 bits per heavy atom. The lowest BCUT2D eigenvalue weighted by molar-refractivity contribution is -0.180. The average molecular weight is 464 g/mol. The summed E-state index contributed by atoms with van der Waals surface area (Å²) in [5.74, 6) is -2.00. The molecule has 3 N–H and O–H groups in total. The lowest BCUT2D eigenvalue weighted by atomic mass is 9.95. The second-order valence-electron chi connectivity index (χ2n) is 9.40. The number of rotatable bonds is 6. The van der Waals surface area contributed by atoms with Crippen LogP contribution in [0.25, 0.3) is 0 Å². The van der Waals surface area contributed by atoms with Crippen molar-refractivity contribution in [3.05, 3.63) is 35.9 Å². The summed E-state index contributed by atoms with van der Waals surface area (Å²) < 4.78 is 9.47. The normalized spacial score (nSPS) is 24.8. The number of hydrogen-bond acceptors (Lipinski definition) is 8. The van der Waals surface area contributed by atoms with Crippen LogP contribution in [0.15, 0.2) is 30.3 Å². The second kappa shape index (κ2) is 8.74. The molecule has 2 aliphatic heterocycles. The average Bonchev–Trinajstić information content (AvgIpc) is 2.98. The van der Waals surface area contributed by atoms with Gasteiger partial charge in [0.05, 0.1) is 5.41 Å². The van der Waals surface area contributed by atoms with Gasteiger partial charge in [0.25, 0.3) is 0 Å². The third-order valence-corrected chi connectivity index (χ3v) is 6.98. The van der Waals surface area contributed by atoms with E-state index in [1.54, 1.807) is 45.0 Å². The zero-order chi connectivity index (χ0) is 23.8. The van der Waals surface area contributed by atoms with Gasteiger partial charge in [0.15, 0.2) is 0 Å². The molecule has 2 fully saturated rings. The molecule has 0 spiro atoms. The summed E-state index contributed by atoms with van der Waals surface area (Å²) in [4.78, 5) is 51.4. The lowest BCUT2D eigenvalue weighted by Gasteiger charge is -2.44. The van der Waals surface area contributed by atoms with E-state index in [4.69, 9.17) is 15.2 Å². The van der Waals surface area contributed by atoms with E-state index in [1.165, 1.54) is 16.7 Å². The third kappa shape index (κ3) is 4.61. The molecule has 0 aliphatic carbocycles. The number of thioether (sulfide) groups is 1. The van der Waals surface area contributed by atoms with E-state index in [1.807, 2.05) is 19.9 Å². The van der Waals surface area contributed by atoms with Gasteiger partial charge in [0, 0.05) is 4.75 Å². The number of nitrogens with two attached hydrogens (primary N) is 1. The van der Waals surface area contributed by atoms with Crippen molar-refractivity contribution in [2.45, 2.75) is 62.9 Å². The van der Waals surface area contributed by atoms with Gasteiger partial charge >= 0.3 is 11.9 Å². The van der Waals surface area contributed by atoms with Crippen molar-refractivity contribution in [2.75, 3.05) is 6.79 Å². The van der Waals surface area contributed by atoms with E-state index in [-0.39, 0.29) is 5.91 Å². The van der Waals surface area contributed by atoms with Crippen molar-refractivity contribution < 1.29 is 28.7 Å². The molecule has 4 atom stereocenters. The number of ether oxygens (including phenoxy) is 2. The fourth-order valence-corrected chi connectivity index (χ4v) is 5.24. The number of nitrogens with one attached hydrogen (secondary N) is 1. The first-order valence-corrected chi connectivity index (χ1v) is 11.2. The zero-order valence-corrected chi connectivity index (χ0v) is 19.6. The minimum absolute atomic E-state index is 0.379. The van der Waals surface area contributed by atoms with Crippen LogP contribution in [0, 0.1) is 5.41 Å². The molecule has 9 nitrogen and oxygen atoms in total. The number of carbonyl (C=O) groups excluding carboxylic acids is 4. The third-order valence-electron chi connectivity index (χ3n) is 5.41. The van der Waals surface area contributed by atoms with E-state index >= 15 is 0 Å². The molecule has 0 aromatic heterocycles. The molecule has 0 unspecified atom stereocenters. The highest BCUT2D eigenvalue weighted by atomic mass is 32.2. The molecule has 1 aromatic carbocycles. The van der Waals surface area contributed by atoms with E-state index in [0.717, 1.165) is 0 Å². The van der Waals surface area contributed by atoms with Gasteiger partial charge in [-0.25, -0.2) is 4.79 Å². The van der Waals surface area contributed by atoms with Gasteiger partial charge in [-0.1, -0.05) is 30.3 Å². The molecule has 10 heteroatoms. The highest BCUT2D eigenvalue weighted by molar-refractivity contribution is 8.01. The van der Waals surface area contributed by atoms with Crippen LogP contribution in [0.2, 0.25) is 0 Å². The Morgan fingerprint density at radius 2 is 1.81 bits per heavy atom. The molecule has 2 amide bonds. The van der Waals surface area contributed by atoms with Gasteiger partial charge in [-0.3, -0.25) is 14.4 Å². The maximum absolute atomic E-state index is 12.8. The minimum atomic E-state index is -0.907. The summed E-state index contributed by atoms with van der Waals surface area (Å²) >= 11 is 1.40. The topological polar surface area (TPSA) is 128 Å². The summed E-state index contributed by atoms with van der Waals surface area (Å²) in [5.41, 5.74) is 5.94. The number of hydrogen-bond donors (Lipinski definition) is 2. The first-order chi connectivity index (χ1) is 14.8. The highest BCUT2D eigenvalue weighted by Gasteiger charge is 2.64. The van der Waals surface area contributed by atoms with Crippen LogP contribution in [0.5, 0.6) is 0 Å². The van der Waals surface area contributed by atoms with Crippen molar-refractivity contribution in [3.8, 4) is 0 Å². The smallest absolute Gasteiger partial charge is 0.333 e. The van der Waals surface area contributed by atoms with Crippen LogP contribution < -0.4 is 11.1 Å². The maximum atomic E-state index is 12.8. The number of esters is 2. The van der Waals surface area contributed by atoms with Crippen molar-refractivity contribution in [3.63, 3.8) is 0 Å². The summed E-state index contributed by atoms with van der Waals surface area (Å²) in [6.07, 6.45) is 0. The van der Waals surface area contributed by atoms with Gasteiger partial charge in [-0.15, -0.1) is 11.8 Å². The molecule has 2 saturated heterocycles. The second-order valence-corrected chi connectivity index (χ2v) is 11.2. The predicted octanol–water partition coefficient (Wildman–Crippen LogP) is 1.32. The largest absolute Gasteiger partial charge is 0.427 e. The van der Waals surface area contributed by atoms with E-state index in [0.29, 0.717) is 5.56 Å². The van der Waals surface area contributed by atoms with Crippen molar-refractivity contribution in [1.82, 2.24) is 10.2 Å². The molecule has 2 aliphatic rings. The molecule has 32 heavy (non-hydrogen) atoms. The van der Waals surface area contributed by atoms with Crippen LogP contribution in [0.4, 0.5) is 0 Å². The first kappa shape index (κ1) is 24.1. The Bertz CT molecular complexity index is 914. The minimum Gasteiger partial charge on any atom is -0.427 e. The molecule has 0 radical (unpaired) electrons. The number of nitrogens with zero attached hydrogens (tertiary/aromatic N) is 1. The van der Waals surface area contributed by atoms with Gasteiger partial charge in [-0.05, 0) is 40.2 Å². The first-order valence-electron chi connectivity index (χ1n) is 10.3. The molecular formula is C22H29N3O6S. The van der Waals surface area contributed by atoms with E-state index in [2.05, 4.69) is 5.32 Å². The zero-order valence-electron chi connectivity index (χ0n) is 18.8. The number of carbonyl (C=O) groups is 4. The van der Waals surface area contributed by atoms with Crippen molar-refractivity contribution >= 4 is 35.5 Å².